The highest BCUT2D eigenvalue weighted by molar-refractivity contribution is 6.32. The lowest BCUT2D eigenvalue weighted by atomic mass is 10.1. The maximum Gasteiger partial charge on any atom is 0.306 e. The minimum absolute atomic E-state index is 0.183. The largest absolute Gasteiger partial charge is 0.492 e. The number of aliphatic carboxylic acids is 1. The van der Waals surface area contributed by atoms with Gasteiger partial charge in [-0.1, -0.05) is 18.5 Å². The highest BCUT2D eigenvalue weighted by Gasteiger charge is 2.11. The van der Waals surface area contributed by atoms with Crippen molar-refractivity contribution in [1.29, 1.82) is 0 Å². The van der Waals surface area contributed by atoms with Gasteiger partial charge in [-0.15, -0.1) is 0 Å². The average Bonchev–Trinajstić information content (AvgIpc) is 2.20. The molecule has 1 rings (SSSR count). The molecule has 1 N–H and O–H groups in total. The van der Waals surface area contributed by atoms with Crippen LogP contribution in [-0.4, -0.2) is 17.7 Å². The Hall–Kier alpha value is -1.29. The lowest BCUT2D eigenvalue weighted by molar-refractivity contribution is -0.141. The van der Waals surface area contributed by atoms with E-state index in [1.807, 2.05) is 0 Å². The van der Waals surface area contributed by atoms with Crippen molar-refractivity contribution in [3.05, 3.63) is 29.0 Å². The first-order chi connectivity index (χ1) is 7.50. The second kappa shape index (κ2) is 5.70. The Kier molecular flexibility index (Phi) is 4.55. The van der Waals surface area contributed by atoms with E-state index in [-0.39, 0.29) is 11.6 Å². The van der Waals surface area contributed by atoms with Crippen molar-refractivity contribution in [2.24, 2.45) is 5.92 Å². The second-order valence-corrected chi connectivity index (χ2v) is 3.86. The van der Waals surface area contributed by atoms with E-state index < -0.39 is 17.7 Å². The Morgan fingerprint density at radius 2 is 2.31 bits per heavy atom. The van der Waals surface area contributed by atoms with Crippen molar-refractivity contribution in [3.63, 3.8) is 0 Å². The summed E-state index contributed by atoms with van der Waals surface area (Å²) in [5.41, 5.74) is 0. The molecule has 0 aliphatic rings. The minimum Gasteiger partial charge on any atom is -0.492 e. The van der Waals surface area contributed by atoms with E-state index in [1.165, 1.54) is 12.1 Å². The van der Waals surface area contributed by atoms with Gasteiger partial charge < -0.3 is 9.84 Å². The molecule has 3 nitrogen and oxygen atoms in total. The Labute approximate surface area is 97.8 Å². The van der Waals surface area contributed by atoms with Crippen LogP contribution in [0.25, 0.3) is 0 Å². The van der Waals surface area contributed by atoms with Crippen LogP contribution < -0.4 is 4.74 Å². The maximum atomic E-state index is 12.7. The number of hydrogen-bond donors (Lipinski definition) is 1. The quantitative estimate of drug-likeness (QED) is 0.869. The third-order valence-electron chi connectivity index (χ3n) is 2.12. The first kappa shape index (κ1) is 12.8. The highest BCUT2D eigenvalue weighted by atomic mass is 35.5. The van der Waals surface area contributed by atoms with Crippen molar-refractivity contribution >= 4 is 17.6 Å². The van der Waals surface area contributed by atoms with Gasteiger partial charge in [-0.05, 0) is 24.6 Å². The fraction of sp³-hybridized carbons (Fsp3) is 0.364. The molecule has 0 heterocycles. The molecule has 16 heavy (non-hydrogen) atoms. The number of halogens is 2. The monoisotopic (exact) mass is 246 g/mol. The number of benzene rings is 1. The van der Waals surface area contributed by atoms with Gasteiger partial charge >= 0.3 is 5.97 Å². The van der Waals surface area contributed by atoms with E-state index in [1.54, 1.807) is 6.92 Å². The first-order valence-corrected chi connectivity index (χ1v) is 5.19. The van der Waals surface area contributed by atoms with Gasteiger partial charge in [0.1, 0.15) is 11.6 Å². The zero-order valence-electron chi connectivity index (χ0n) is 8.74. The molecule has 0 radical (unpaired) electrons. The summed E-state index contributed by atoms with van der Waals surface area (Å²) in [6.45, 7) is 1.83. The Morgan fingerprint density at radius 3 is 2.88 bits per heavy atom. The van der Waals surface area contributed by atoms with E-state index in [0.29, 0.717) is 12.2 Å². The summed E-state index contributed by atoms with van der Waals surface area (Å²) >= 11 is 5.73. The number of ether oxygens (including phenoxy) is 1. The van der Waals surface area contributed by atoms with Gasteiger partial charge in [0.2, 0.25) is 0 Å². The number of rotatable bonds is 5. The topological polar surface area (TPSA) is 46.5 Å². The SMILES string of the molecule is CC(CCOc1ccc(F)cc1Cl)C(=O)O. The molecule has 0 amide bonds. The fourth-order valence-corrected chi connectivity index (χ4v) is 1.28. The van der Waals surface area contributed by atoms with E-state index in [0.717, 1.165) is 6.07 Å². The molecule has 1 atom stereocenters. The molecule has 0 saturated heterocycles. The van der Waals surface area contributed by atoms with E-state index in [9.17, 15) is 9.18 Å². The van der Waals surface area contributed by atoms with Crippen molar-refractivity contribution in [2.45, 2.75) is 13.3 Å². The lowest BCUT2D eigenvalue weighted by Crippen LogP contribution is -2.13. The second-order valence-electron chi connectivity index (χ2n) is 3.45. The van der Waals surface area contributed by atoms with E-state index in [4.69, 9.17) is 21.4 Å². The molecule has 88 valence electrons. The van der Waals surface area contributed by atoms with Crippen molar-refractivity contribution in [2.75, 3.05) is 6.61 Å². The molecule has 1 aromatic carbocycles. The fourth-order valence-electron chi connectivity index (χ4n) is 1.06. The lowest BCUT2D eigenvalue weighted by Gasteiger charge is -2.09. The van der Waals surface area contributed by atoms with Crippen LogP contribution in [-0.2, 0) is 4.79 Å². The molecule has 0 aliphatic carbocycles. The summed E-state index contributed by atoms with van der Waals surface area (Å²) < 4.78 is 17.9. The van der Waals surface area contributed by atoms with Crippen LogP contribution in [0, 0.1) is 11.7 Å². The van der Waals surface area contributed by atoms with Crippen LogP contribution >= 0.6 is 11.6 Å². The summed E-state index contributed by atoms with van der Waals surface area (Å²) in [6, 6.07) is 3.81. The van der Waals surface area contributed by atoms with Crippen molar-refractivity contribution in [3.8, 4) is 5.75 Å². The summed E-state index contributed by atoms with van der Waals surface area (Å²) in [5, 5.41) is 8.82. The molecule has 5 heteroatoms. The summed E-state index contributed by atoms with van der Waals surface area (Å²) in [7, 11) is 0. The standard InChI is InChI=1S/C11H12ClFO3/c1-7(11(14)15)4-5-16-10-3-2-8(13)6-9(10)12/h2-3,6-7H,4-5H2,1H3,(H,14,15). The number of carbonyl (C=O) groups is 1. The number of carboxylic acid groups (broad SMARTS) is 1. The normalized spacial score (nSPS) is 12.2. The molecule has 0 aromatic heterocycles. The van der Waals surface area contributed by atoms with Crippen LogP contribution in [0.5, 0.6) is 5.75 Å². The predicted octanol–water partition coefficient (Wildman–Crippen LogP) is 2.97. The van der Waals surface area contributed by atoms with Crippen LogP contribution in [0.1, 0.15) is 13.3 Å². The van der Waals surface area contributed by atoms with Gasteiger partial charge in [-0.25, -0.2) is 4.39 Å². The van der Waals surface area contributed by atoms with Crippen LogP contribution in [0.15, 0.2) is 18.2 Å². The summed E-state index contributed by atoms with van der Waals surface area (Å²) in [6.07, 6.45) is 0.378. The van der Waals surface area contributed by atoms with Crippen molar-refractivity contribution in [1.82, 2.24) is 0 Å². The van der Waals surface area contributed by atoms with Crippen LogP contribution in [0.3, 0.4) is 0 Å². The van der Waals surface area contributed by atoms with Gasteiger partial charge in [0.15, 0.2) is 0 Å². The molecule has 0 aliphatic heterocycles. The highest BCUT2D eigenvalue weighted by Crippen LogP contribution is 2.25. The molecule has 0 fully saturated rings. The molecule has 0 spiro atoms. The Morgan fingerprint density at radius 1 is 1.62 bits per heavy atom. The molecular weight excluding hydrogens is 235 g/mol. The molecule has 0 saturated carbocycles. The summed E-state index contributed by atoms with van der Waals surface area (Å²) in [4.78, 5) is 10.5. The molecule has 1 aromatic rings. The smallest absolute Gasteiger partial charge is 0.306 e. The van der Waals surface area contributed by atoms with E-state index in [2.05, 4.69) is 0 Å². The average molecular weight is 247 g/mol. The molecule has 0 bridgehead atoms. The molecular formula is C11H12ClFO3. The maximum absolute atomic E-state index is 12.7. The van der Waals surface area contributed by atoms with Gasteiger partial charge in [-0.3, -0.25) is 4.79 Å². The van der Waals surface area contributed by atoms with Gasteiger partial charge in [0.25, 0.3) is 0 Å². The first-order valence-electron chi connectivity index (χ1n) is 4.81. The zero-order chi connectivity index (χ0) is 12.1. The minimum atomic E-state index is -0.867. The Balaban J connectivity index is 2.46. The molecule has 1 unspecified atom stereocenters. The third-order valence-corrected chi connectivity index (χ3v) is 2.42. The Bertz CT molecular complexity index is 381. The number of carboxylic acids is 1. The summed E-state index contributed by atoms with van der Waals surface area (Å²) in [5.74, 6) is -1.41. The van der Waals surface area contributed by atoms with Gasteiger partial charge in [0, 0.05) is 0 Å². The van der Waals surface area contributed by atoms with Crippen LogP contribution in [0.2, 0.25) is 5.02 Å². The van der Waals surface area contributed by atoms with Crippen molar-refractivity contribution < 1.29 is 19.0 Å². The zero-order valence-corrected chi connectivity index (χ0v) is 9.50. The van der Waals surface area contributed by atoms with Gasteiger partial charge in [-0.2, -0.15) is 0 Å². The van der Waals surface area contributed by atoms with Gasteiger partial charge in [0.05, 0.1) is 17.5 Å². The predicted molar refractivity (Wildman–Crippen MR) is 58.3 cm³/mol. The van der Waals surface area contributed by atoms with E-state index >= 15 is 0 Å². The third kappa shape index (κ3) is 3.70. The number of hydrogen-bond acceptors (Lipinski definition) is 2. The van der Waals surface area contributed by atoms with Crippen LogP contribution in [0.4, 0.5) is 4.39 Å².